The predicted octanol–water partition coefficient (Wildman–Crippen LogP) is 6.01. The zero-order chi connectivity index (χ0) is 22.1. The summed E-state index contributed by atoms with van der Waals surface area (Å²) in [5.74, 6) is 0.605. The van der Waals surface area contributed by atoms with E-state index in [4.69, 9.17) is 9.72 Å². The lowest BCUT2D eigenvalue weighted by Crippen LogP contribution is -2.30. The molecule has 0 aliphatic carbocycles. The molecule has 158 valence electrons. The van der Waals surface area contributed by atoms with Gasteiger partial charge in [-0.1, -0.05) is 59.9 Å². The number of thiazole rings is 1. The van der Waals surface area contributed by atoms with E-state index in [9.17, 15) is 4.79 Å². The van der Waals surface area contributed by atoms with Gasteiger partial charge in [0.2, 0.25) is 0 Å². The Hall–Kier alpha value is -3.77. The van der Waals surface area contributed by atoms with Crippen LogP contribution in [0.1, 0.15) is 21.5 Å². The summed E-state index contributed by atoms with van der Waals surface area (Å²) in [4.78, 5) is 24.7. The number of hydrogen-bond donors (Lipinski definition) is 0. The van der Waals surface area contributed by atoms with Gasteiger partial charge >= 0.3 is 0 Å². The van der Waals surface area contributed by atoms with Crippen LogP contribution in [-0.2, 0) is 6.54 Å². The van der Waals surface area contributed by atoms with Gasteiger partial charge in [-0.25, -0.2) is 4.98 Å². The van der Waals surface area contributed by atoms with Crippen LogP contribution in [0, 0.1) is 6.92 Å². The number of hydrogen-bond acceptors (Lipinski definition) is 5. The molecular weight excluding hydrogens is 418 g/mol. The third-order valence-corrected chi connectivity index (χ3v) is 6.69. The summed E-state index contributed by atoms with van der Waals surface area (Å²) in [5.41, 5.74) is 3.46. The summed E-state index contributed by atoms with van der Waals surface area (Å²) in [6, 6.07) is 21.5. The molecular formula is C26H21N3O2S. The Balaban J connectivity index is 1.67. The Kier molecular flexibility index (Phi) is 5.29. The number of anilines is 1. The monoisotopic (exact) mass is 439 g/mol. The van der Waals surface area contributed by atoms with E-state index in [2.05, 4.69) is 4.98 Å². The molecule has 0 N–H and O–H groups in total. The third kappa shape index (κ3) is 3.59. The Morgan fingerprint density at radius 2 is 1.88 bits per heavy atom. The molecule has 0 unspecified atom stereocenters. The minimum atomic E-state index is -0.0960. The highest BCUT2D eigenvalue weighted by Gasteiger charge is 2.24. The van der Waals surface area contributed by atoms with E-state index in [0.29, 0.717) is 23.0 Å². The number of ether oxygens (including phenoxy) is 1. The number of methoxy groups -OCH3 is 1. The number of pyridine rings is 1. The standard InChI is InChI=1S/C26H21N3O2S/c1-17-12-13-22(31-2)23-24(17)32-26(28-23)29(16-18-7-6-14-27-15-18)25(30)21-11-5-9-19-8-3-4-10-20(19)21/h3-15H,16H2,1-2H3. The summed E-state index contributed by atoms with van der Waals surface area (Å²) in [6.07, 6.45) is 3.51. The second-order valence-electron chi connectivity index (χ2n) is 7.54. The fourth-order valence-electron chi connectivity index (χ4n) is 3.84. The smallest absolute Gasteiger partial charge is 0.261 e. The molecule has 0 fully saturated rings. The summed E-state index contributed by atoms with van der Waals surface area (Å²) < 4.78 is 6.54. The average molecular weight is 440 g/mol. The van der Waals surface area contributed by atoms with Crippen LogP contribution in [0.5, 0.6) is 5.75 Å². The van der Waals surface area contributed by atoms with E-state index >= 15 is 0 Å². The molecule has 0 saturated carbocycles. The quantitative estimate of drug-likeness (QED) is 0.337. The molecule has 0 spiro atoms. The highest BCUT2D eigenvalue weighted by atomic mass is 32.1. The second kappa shape index (κ2) is 8.40. The van der Waals surface area contributed by atoms with Gasteiger partial charge in [0.15, 0.2) is 5.13 Å². The lowest BCUT2D eigenvalue weighted by Gasteiger charge is -2.21. The van der Waals surface area contributed by atoms with Crippen molar-refractivity contribution < 1.29 is 9.53 Å². The number of aryl methyl sites for hydroxylation is 1. The molecule has 0 aliphatic rings. The van der Waals surface area contributed by atoms with Crippen LogP contribution in [0.25, 0.3) is 21.0 Å². The summed E-state index contributed by atoms with van der Waals surface area (Å²) in [6.45, 7) is 2.42. The summed E-state index contributed by atoms with van der Waals surface area (Å²) in [7, 11) is 1.64. The van der Waals surface area contributed by atoms with Crippen molar-refractivity contribution in [3.63, 3.8) is 0 Å². The number of nitrogens with zero attached hydrogens (tertiary/aromatic N) is 3. The van der Waals surface area contributed by atoms with Crippen LogP contribution < -0.4 is 9.64 Å². The van der Waals surface area contributed by atoms with E-state index < -0.39 is 0 Å². The first-order valence-electron chi connectivity index (χ1n) is 10.3. The Morgan fingerprint density at radius 3 is 2.69 bits per heavy atom. The summed E-state index contributed by atoms with van der Waals surface area (Å²) >= 11 is 1.50. The van der Waals surface area contributed by atoms with Crippen molar-refractivity contribution in [2.75, 3.05) is 12.0 Å². The molecule has 2 heterocycles. The van der Waals surface area contributed by atoms with Gasteiger partial charge in [-0.05, 0) is 47.0 Å². The van der Waals surface area contributed by atoms with Crippen LogP contribution in [0.3, 0.4) is 0 Å². The van der Waals surface area contributed by atoms with E-state index in [1.807, 2.05) is 73.7 Å². The van der Waals surface area contributed by atoms with E-state index in [0.717, 1.165) is 32.1 Å². The molecule has 5 rings (SSSR count). The highest BCUT2D eigenvalue weighted by Crippen LogP contribution is 2.37. The largest absolute Gasteiger partial charge is 0.494 e. The van der Waals surface area contributed by atoms with Gasteiger partial charge in [-0.2, -0.15) is 0 Å². The van der Waals surface area contributed by atoms with Crippen molar-refractivity contribution in [1.82, 2.24) is 9.97 Å². The maximum Gasteiger partial charge on any atom is 0.261 e. The molecule has 3 aromatic carbocycles. The fraction of sp³-hybridized carbons (Fsp3) is 0.115. The van der Waals surface area contributed by atoms with Crippen molar-refractivity contribution in [1.29, 1.82) is 0 Å². The van der Waals surface area contributed by atoms with E-state index in [-0.39, 0.29) is 5.91 Å². The first kappa shape index (κ1) is 20.2. The molecule has 0 saturated heterocycles. The second-order valence-corrected chi connectivity index (χ2v) is 8.52. The van der Waals surface area contributed by atoms with E-state index in [1.165, 1.54) is 11.3 Å². The molecule has 5 aromatic rings. The molecule has 0 bridgehead atoms. The molecule has 6 heteroatoms. The molecule has 0 radical (unpaired) electrons. The maximum absolute atomic E-state index is 13.9. The van der Waals surface area contributed by atoms with Crippen LogP contribution in [-0.4, -0.2) is 23.0 Å². The Bertz CT molecular complexity index is 1420. The first-order valence-corrected chi connectivity index (χ1v) is 11.1. The zero-order valence-electron chi connectivity index (χ0n) is 17.8. The van der Waals surface area contributed by atoms with Crippen LogP contribution in [0.15, 0.2) is 79.1 Å². The molecule has 2 aromatic heterocycles. The number of benzene rings is 3. The predicted molar refractivity (Wildman–Crippen MR) is 130 cm³/mol. The Morgan fingerprint density at radius 1 is 1.03 bits per heavy atom. The van der Waals surface area contributed by atoms with Crippen LogP contribution >= 0.6 is 11.3 Å². The molecule has 32 heavy (non-hydrogen) atoms. The van der Waals surface area contributed by atoms with Crippen molar-refractivity contribution in [3.8, 4) is 5.75 Å². The van der Waals surface area contributed by atoms with Gasteiger partial charge in [0.05, 0.1) is 18.4 Å². The van der Waals surface area contributed by atoms with E-state index in [1.54, 1.807) is 24.4 Å². The molecule has 1 amide bonds. The lowest BCUT2D eigenvalue weighted by atomic mass is 10.0. The number of aromatic nitrogens is 2. The number of carbonyl (C=O) groups excluding carboxylic acids is 1. The number of rotatable bonds is 5. The lowest BCUT2D eigenvalue weighted by molar-refractivity contribution is 0.0986. The minimum Gasteiger partial charge on any atom is -0.494 e. The van der Waals surface area contributed by atoms with Gasteiger partial charge in [-0.3, -0.25) is 14.7 Å². The van der Waals surface area contributed by atoms with Gasteiger partial charge in [-0.15, -0.1) is 0 Å². The Labute approximate surface area is 189 Å². The highest BCUT2D eigenvalue weighted by molar-refractivity contribution is 7.22. The molecule has 5 nitrogen and oxygen atoms in total. The average Bonchev–Trinajstić information content (AvgIpc) is 3.29. The number of fused-ring (bicyclic) bond motifs is 2. The van der Waals surface area contributed by atoms with Crippen molar-refractivity contribution in [2.45, 2.75) is 13.5 Å². The van der Waals surface area contributed by atoms with Gasteiger partial charge in [0.1, 0.15) is 11.3 Å². The number of amides is 1. The third-order valence-electron chi connectivity index (χ3n) is 5.47. The van der Waals surface area contributed by atoms with Crippen molar-refractivity contribution in [3.05, 3.63) is 95.8 Å². The normalized spacial score (nSPS) is 11.1. The maximum atomic E-state index is 13.9. The number of carbonyl (C=O) groups is 1. The van der Waals surface area contributed by atoms with Gasteiger partial charge < -0.3 is 4.74 Å². The zero-order valence-corrected chi connectivity index (χ0v) is 18.6. The van der Waals surface area contributed by atoms with Crippen molar-refractivity contribution in [2.24, 2.45) is 0 Å². The molecule has 0 atom stereocenters. The fourth-order valence-corrected chi connectivity index (χ4v) is 4.89. The van der Waals surface area contributed by atoms with Crippen LogP contribution in [0.2, 0.25) is 0 Å². The minimum absolute atomic E-state index is 0.0960. The SMILES string of the molecule is COc1ccc(C)c2sc(N(Cc3cccnc3)C(=O)c3cccc4ccccc34)nc12. The van der Waals surface area contributed by atoms with Gasteiger partial charge in [0.25, 0.3) is 5.91 Å². The van der Waals surface area contributed by atoms with Gasteiger partial charge in [0, 0.05) is 18.0 Å². The molecule has 0 aliphatic heterocycles. The first-order chi connectivity index (χ1) is 15.7. The van der Waals surface area contributed by atoms with Crippen LogP contribution in [0.4, 0.5) is 5.13 Å². The summed E-state index contributed by atoms with van der Waals surface area (Å²) in [5, 5.41) is 2.59. The topological polar surface area (TPSA) is 55.3 Å². The van der Waals surface area contributed by atoms with Crippen molar-refractivity contribution >= 4 is 43.4 Å².